The maximum absolute atomic E-state index is 12.0. The zero-order valence-electron chi connectivity index (χ0n) is 8.47. The molecule has 1 aliphatic heterocycles. The molecule has 0 spiro atoms. The minimum atomic E-state index is -4.31. The Balaban J connectivity index is 2.42. The zero-order chi connectivity index (χ0) is 11.5. The lowest BCUT2D eigenvalue weighted by Gasteiger charge is -2.19. The molecule has 0 saturated carbocycles. The van der Waals surface area contributed by atoms with Gasteiger partial charge >= 0.3 is 12.2 Å². The summed E-state index contributed by atoms with van der Waals surface area (Å²) in [7, 11) is 1.73. The van der Waals surface area contributed by atoms with Crippen LogP contribution >= 0.6 is 0 Å². The van der Waals surface area contributed by atoms with E-state index in [0.29, 0.717) is 19.6 Å². The van der Waals surface area contributed by atoms with Gasteiger partial charge in [0, 0.05) is 26.2 Å². The lowest BCUT2D eigenvalue weighted by molar-refractivity contribution is -0.138. The number of halogens is 3. The van der Waals surface area contributed by atoms with Crippen molar-refractivity contribution in [1.82, 2.24) is 15.1 Å². The minimum Gasteiger partial charge on any atom is -0.322 e. The highest BCUT2D eigenvalue weighted by molar-refractivity contribution is 5.76. The van der Waals surface area contributed by atoms with Crippen LogP contribution in [-0.2, 0) is 0 Å². The van der Waals surface area contributed by atoms with Gasteiger partial charge in [0.1, 0.15) is 6.54 Å². The third kappa shape index (κ3) is 3.58. The van der Waals surface area contributed by atoms with Crippen LogP contribution in [0.5, 0.6) is 0 Å². The molecule has 15 heavy (non-hydrogen) atoms. The van der Waals surface area contributed by atoms with Gasteiger partial charge in [-0.05, 0) is 7.05 Å². The van der Waals surface area contributed by atoms with Gasteiger partial charge in [-0.1, -0.05) is 0 Å². The summed E-state index contributed by atoms with van der Waals surface area (Å²) >= 11 is 0. The van der Waals surface area contributed by atoms with Crippen molar-refractivity contribution >= 4 is 6.03 Å². The molecule has 0 aromatic heterocycles. The predicted molar refractivity (Wildman–Crippen MR) is 48.5 cm³/mol. The number of amides is 2. The molecule has 2 amide bonds. The van der Waals surface area contributed by atoms with Crippen LogP contribution in [0.1, 0.15) is 0 Å². The van der Waals surface area contributed by atoms with E-state index >= 15 is 0 Å². The number of nitrogens with one attached hydrogen (secondary N) is 1. The molecule has 1 saturated heterocycles. The number of nitrogens with zero attached hydrogens (tertiary/aromatic N) is 2. The van der Waals surface area contributed by atoms with E-state index in [1.807, 2.05) is 0 Å². The van der Waals surface area contributed by atoms with Gasteiger partial charge in [0.2, 0.25) is 0 Å². The van der Waals surface area contributed by atoms with Gasteiger partial charge in [0.25, 0.3) is 0 Å². The monoisotopic (exact) mass is 225 g/mol. The summed E-state index contributed by atoms with van der Waals surface area (Å²) in [5.41, 5.74) is 0. The molecule has 0 atom stereocenters. The average molecular weight is 225 g/mol. The molecule has 0 unspecified atom stereocenters. The smallest absolute Gasteiger partial charge is 0.322 e. The molecule has 0 radical (unpaired) electrons. The lowest BCUT2D eigenvalue weighted by atomic mass is 10.5. The molecule has 1 rings (SSSR count). The molecule has 1 N–H and O–H groups in total. The van der Waals surface area contributed by atoms with E-state index in [1.165, 1.54) is 4.90 Å². The van der Waals surface area contributed by atoms with Crippen molar-refractivity contribution in [2.24, 2.45) is 0 Å². The lowest BCUT2D eigenvalue weighted by Crippen LogP contribution is -2.39. The Morgan fingerprint density at radius 2 is 1.93 bits per heavy atom. The molecule has 1 heterocycles. The standard InChI is InChI=1S/C8H14F3N3O/c1-12-2-3-13-4-5-14(7(13)15)6-8(9,10)11/h12H,2-6H2,1H3. The molecule has 0 bridgehead atoms. The Labute approximate surface area is 86.0 Å². The first-order valence-corrected chi connectivity index (χ1v) is 4.69. The van der Waals surface area contributed by atoms with Crippen molar-refractivity contribution in [1.29, 1.82) is 0 Å². The topological polar surface area (TPSA) is 35.6 Å². The summed E-state index contributed by atoms with van der Waals surface area (Å²) in [5.74, 6) is 0. The van der Waals surface area contributed by atoms with E-state index in [4.69, 9.17) is 0 Å². The summed E-state index contributed by atoms with van der Waals surface area (Å²) in [5, 5.41) is 2.84. The summed E-state index contributed by atoms with van der Waals surface area (Å²) in [6, 6.07) is -0.525. The summed E-state index contributed by atoms with van der Waals surface area (Å²) in [6.07, 6.45) is -4.31. The van der Waals surface area contributed by atoms with Gasteiger partial charge in [-0.3, -0.25) is 0 Å². The Hall–Kier alpha value is -0.980. The van der Waals surface area contributed by atoms with Crippen molar-refractivity contribution in [3.63, 3.8) is 0 Å². The number of hydrogen-bond donors (Lipinski definition) is 1. The third-order valence-corrected chi connectivity index (χ3v) is 2.18. The van der Waals surface area contributed by atoms with E-state index in [0.717, 1.165) is 4.90 Å². The highest BCUT2D eigenvalue weighted by Crippen LogP contribution is 2.19. The first-order valence-electron chi connectivity index (χ1n) is 4.69. The van der Waals surface area contributed by atoms with Crippen molar-refractivity contribution < 1.29 is 18.0 Å². The number of hydrogen-bond acceptors (Lipinski definition) is 2. The summed E-state index contributed by atoms with van der Waals surface area (Å²) < 4.78 is 36.1. The highest BCUT2D eigenvalue weighted by atomic mass is 19.4. The largest absolute Gasteiger partial charge is 0.406 e. The van der Waals surface area contributed by atoms with E-state index in [2.05, 4.69) is 5.32 Å². The number of carbonyl (C=O) groups excluding carboxylic acids is 1. The number of carbonyl (C=O) groups is 1. The van der Waals surface area contributed by atoms with Crippen molar-refractivity contribution in [2.75, 3.05) is 39.8 Å². The number of alkyl halides is 3. The van der Waals surface area contributed by atoms with Crippen LogP contribution in [0, 0.1) is 0 Å². The van der Waals surface area contributed by atoms with Gasteiger partial charge in [0.15, 0.2) is 0 Å². The molecule has 1 fully saturated rings. The molecule has 0 aromatic carbocycles. The number of likely N-dealkylation sites (N-methyl/N-ethyl adjacent to an activating group) is 1. The van der Waals surface area contributed by atoms with E-state index in [9.17, 15) is 18.0 Å². The van der Waals surface area contributed by atoms with Crippen LogP contribution in [0.4, 0.5) is 18.0 Å². The van der Waals surface area contributed by atoms with Crippen molar-refractivity contribution in [3.05, 3.63) is 0 Å². The molecule has 7 heteroatoms. The minimum absolute atomic E-state index is 0.155. The van der Waals surface area contributed by atoms with Crippen LogP contribution in [0.2, 0.25) is 0 Å². The fourth-order valence-corrected chi connectivity index (χ4v) is 1.45. The van der Waals surface area contributed by atoms with Crippen LogP contribution < -0.4 is 5.32 Å². The third-order valence-electron chi connectivity index (χ3n) is 2.18. The van der Waals surface area contributed by atoms with E-state index in [1.54, 1.807) is 7.05 Å². The quantitative estimate of drug-likeness (QED) is 0.756. The van der Waals surface area contributed by atoms with E-state index in [-0.39, 0.29) is 6.54 Å². The fraction of sp³-hybridized carbons (Fsp3) is 0.875. The van der Waals surface area contributed by atoms with Crippen LogP contribution in [0.25, 0.3) is 0 Å². The van der Waals surface area contributed by atoms with Crippen LogP contribution in [0.3, 0.4) is 0 Å². The summed E-state index contributed by atoms with van der Waals surface area (Å²) in [4.78, 5) is 13.7. The number of urea groups is 1. The van der Waals surface area contributed by atoms with Gasteiger partial charge in [-0.2, -0.15) is 13.2 Å². The zero-order valence-corrected chi connectivity index (χ0v) is 8.47. The van der Waals surface area contributed by atoms with Gasteiger partial charge in [0.05, 0.1) is 0 Å². The molecule has 0 aliphatic carbocycles. The molecular formula is C8H14F3N3O. The first kappa shape index (κ1) is 12.1. The molecule has 88 valence electrons. The second-order valence-electron chi connectivity index (χ2n) is 3.41. The molecular weight excluding hydrogens is 211 g/mol. The number of rotatable bonds is 4. The molecule has 1 aliphatic rings. The van der Waals surface area contributed by atoms with Gasteiger partial charge in [-0.25, -0.2) is 4.79 Å². The average Bonchev–Trinajstić information content (AvgIpc) is 2.43. The fourth-order valence-electron chi connectivity index (χ4n) is 1.45. The van der Waals surface area contributed by atoms with E-state index < -0.39 is 18.8 Å². The normalized spacial score (nSPS) is 17.7. The maximum Gasteiger partial charge on any atom is 0.406 e. The predicted octanol–water partition coefficient (Wildman–Crippen LogP) is 0.506. The second-order valence-corrected chi connectivity index (χ2v) is 3.41. The second kappa shape index (κ2) is 4.69. The van der Waals surface area contributed by atoms with Crippen LogP contribution in [0.15, 0.2) is 0 Å². The van der Waals surface area contributed by atoms with Crippen LogP contribution in [-0.4, -0.2) is 61.8 Å². The Bertz CT molecular complexity index is 232. The highest BCUT2D eigenvalue weighted by Gasteiger charge is 2.37. The molecule has 4 nitrogen and oxygen atoms in total. The molecule has 0 aromatic rings. The SMILES string of the molecule is CNCCN1CCN(CC(F)(F)F)C1=O. The Morgan fingerprint density at radius 3 is 2.47 bits per heavy atom. The van der Waals surface area contributed by atoms with Crippen molar-refractivity contribution in [2.45, 2.75) is 6.18 Å². The summed E-state index contributed by atoms with van der Waals surface area (Å²) in [6.45, 7) is 0.413. The Kier molecular flexibility index (Phi) is 3.78. The van der Waals surface area contributed by atoms with Gasteiger partial charge < -0.3 is 15.1 Å². The van der Waals surface area contributed by atoms with Crippen molar-refractivity contribution in [3.8, 4) is 0 Å². The van der Waals surface area contributed by atoms with Gasteiger partial charge in [-0.15, -0.1) is 0 Å². The maximum atomic E-state index is 12.0. The Morgan fingerprint density at radius 1 is 1.33 bits per heavy atom. The first-order chi connectivity index (χ1) is 6.94.